The van der Waals surface area contributed by atoms with E-state index < -0.39 is 10.0 Å². The van der Waals surface area contributed by atoms with Crippen molar-refractivity contribution < 1.29 is 13.2 Å². The first-order valence-electron chi connectivity index (χ1n) is 7.39. The first-order chi connectivity index (χ1) is 11.4. The van der Waals surface area contributed by atoms with Crippen LogP contribution in [0.4, 0.5) is 0 Å². The van der Waals surface area contributed by atoms with Gasteiger partial charge < -0.3 is 10.1 Å². The largest absolute Gasteiger partial charge is 0.486 e. The number of ether oxygens (including phenoxy) is 1. The van der Waals surface area contributed by atoms with Gasteiger partial charge >= 0.3 is 0 Å². The lowest BCUT2D eigenvalue weighted by Crippen LogP contribution is -2.26. The van der Waals surface area contributed by atoms with Crippen molar-refractivity contribution in [2.45, 2.75) is 19.6 Å². The van der Waals surface area contributed by atoms with E-state index in [9.17, 15) is 8.42 Å². The van der Waals surface area contributed by atoms with Crippen LogP contribution < -0.4 is 14.8 Å². The lowest BCUT2D eigenvalue weighted by atomic mass is 10.3. The van der Waals surface area contributed by atoms with Crippen LogP contribution in [0.2, 0.25) is 5.02 Å². The van der Waals surface area contributed by atoms with Crippen LogP contribution in [0, 0.1) is 0 Å². The topological polar surface area (TPSA) is 80.3 Å². The van der Waals surface area contributed by atoms with Crippen molar-refractivity contribution in [1.29, 1.82) is 0 Å². The average Bonchev–Trinajstić information content (AvgIpc) is 2.97. The van der Waals surface area contributed by atoms with Gasteiger partial charge in [-0.15, -0.1) is 11.3 Å². The Hall–Kier alpha value is -1.19. The third kappa shape index (κ3) is 7.59. The molecule has 0 amide bonds. The molecule has 0 aliphatic heterocycles. The highest BCUT2D eigenvalue weighted by Gasteiger charge is 2.04. The average molecular weight is 390 g/mol. The van der Waals surface area contributed by atoms with Crippen LogP contribution in [0.3, 0.4) is 0 Å². The molecule has 0 fully saturated rings. The molecule has 0 unspecified atom stereocenters. The third-order valence-corrected chi connectivity index (χ3v) is 4.83. The molecule has 0 atom stereocenters. The maximum atomic E-state index is 10.9. The Balaban J connectivity index is 1.65. The number of sulfonamides is 1. The van der Waals surface area contributed by atoms with E-state index in [0.717, 1.165) is 35.7 Å². The molecular weight excluding hydrogens is 370 g/mol. The number of rotatable bonds is 10. The third-order valence-electron chi connectivity index (χ3n) is 2.98. The molecule has 1 heterocycles. The van der Waals surface area contributed by atoms with Crippen LogP contribution in [0.25, 0.3) is 0 Å². The van der Waals surface area contributed by atoms with Crippen LogP contribution in [-0.2, 0) is 23.2 Å². The van der Waals surface area contributed by atoms with E-state index in [0.29, 0.717) is 24.7 Å². The van der Waals surface area contributed by atoms with Gasteiger partial charge in [0.2, 0.25) is 10.0 Å². The van der Waals surface area contributed by atoms with Crippen molar-refractivity contribution in [3.63, 3.8) is 0 Å². The molecule has 1 aromatic carbocycles. The van der Waals surface area contributed by atoms with Crippen LogP contribution in [0.15, 0.2) is 29.6 Å². The Morgan fingerprint density at radius 2 is 2.00 bits per heavy atom. The molecule has 0 aliphatic rings. The van der Waals surface area contributed by atoms with Crippen LogP contribution in [0.1, 0.15) is 17.1 Å². The molecule has 0 spiro atoms. The summed E-state index contributed by atoms with van der Waals surface area (Å²) in [5.74, 6) is 0.757. The maximum absolute atomic E-state index is 10.9. The van der Waals surface area contributed by atoms with E-state index in [1.165, 1.54) is 0 Å². The van der Waals surface area contributed by atoms with Gasteiger partial charge in [-0.2, -0.15) is 0 Å². The van der Waals surface area contributed by atoms with Gasteiger partial charge in [-0.25, -0.2) is 18.1 Å². The zero-order valence-electron chi connectivity index (χ0n) is 13.3. The zero-order valence-corrected chi connectivity index (χ0v) is 15.7. The number of hydrogen-bond acceptors (Lipinski definition) is 6. The summed E-state index contributed by atoms with van der Waals surface area (Å²) >= 11 is 7.38. The Labute approximate surface area is 151 Å². The minimum atomic E-state index is -3.10. The number of thiazole rings is 1. The molecule has 0 saturated carbocycles. The highest BCUT2D eigenvalue weighted by Crippen LogP contribution is 2.18. The summed E-state index contributed by atoms with van der Waals surface area (Å²) in [4.78, 5) is 4.49. The predicted octanol–water partition coefficient (Wildman–Crippen LogP) is 2.40. The van der Waals surface area contributed by atoms with Crippen molar-refractivity contribution in [3.05, 3.63) is 45.4 Å². The summed E-state index contributed by atoms with van der Waals surface area (Å²) in [5, 5.41) is 6.80. The molecule has 132 valence electrons. The number of nitrogens with one attached hydrogen (secondary N) is 2. The molecule has 9 heteroatoms. The monoisotopic (exact) mass is 389 g/mol. The van der Waals surface area contributed by atoms with E-state index in [2.05, 4.69) is 15.0 Å². The summed E-state index contributed by atoms with van der Waals surface area (Å²) < 4.78 is 29.9. The van der Waals surface area contributed by atoms with Gasteiger partial charge in [-0.3, -0.25) is 0 Å². The second-order valence-corrected chi connectivity index (χ2v) is 8.38. The van der Waals surface area contributed by atoms with Gasteiger partial charge in [0.05, 0.1) is 11.9 Å². The summed E-state index contributed by atoms with van der Waals surface area (Å²) in [7, 11) is -3.10. The first kappa shape index (κ1) is 19.1. The molecule has 0 saturated heterocycles. The number of benzene rings is 1. The first-order valence-corrected chi connectivity index (χ1v) is 10.5. The second-order valence-electron chi connectivity index (χ2n) is 5.17. The zero-order chi connectivity index (χ0) is 17.4. The van der Waals surface area contributed by atoms with Crippen molar-refractivity contribution in [1.82, 2.24) is 15.0 Å². The molecule has 2 N–H and O–H groups in total. The SMILES string of the molecule is CS(=O)(=O)NCCCNCc1csc(COc2ccc(Cl)cc2)n1. The molecule has 0 radical (unpaired) electrons. The summed E-state index contributed by atoms with van der Waals surface area (Å²) in [6.07, 6.45) is 1.88. The lowest BCUT2D eigenvalue weighted by Gasteiger charge is -2.04. The van der Waals surface area contributed by atoms with Gasteiger partial charge in [0, 0.05) is 23.5 Å². The highest BCUT2D eigenvalue weighted by atomic mass is 35.5. The Morgan fingerprint density at radius 1 is 1.25 bits per heavy atom. The van der Waals surface area contributed by atoms with Gasteiger partial charge in [0.15, 0.2) is 0 Å². The number of aromatic nitrogens is 1. The fraction of sp³-hybridized carbons (Fsp3) is 0.400. The second kappa shape index (κ2) is 9.33. The summed E-state index contributed by atoms with van der Waals surface area (Å²) in [6, 6.07) is 7.21. The Morgan fingerprint density at radius 3 is 2.71 bits per heavy atom. The van der Waals surface area contributed by atoms with E-state index in [-0.39, 0.29) is 0 Å². The van der Waals surface area contributed by atoms with Crippen molar-refractivity contribution in [2.24, 2.45) is 0 Å². The van der Waals surface area contributed by atoms with E-state index in [4.69, 9.17) is 16.3 Å². The fourth-order valence-corrected chi connectivity index (χ4v) is 3.21. The van der Waals surface area contributed by atoms with E-state index in [1.54, 1.807) is 23.5 Å². The maximum Gasteiger partial charge on any atom is 0.208 e. The van der Waals surface area contributed by atoms with Gasteiger partial charge in [-0.1, -0.05) is 11.6 Å². The number of halogens is 1. The molecule has 6 nitrogen and oxygen atoms in total. The minimum absolute atomic E-state index is 0.421. The van der Waals surface area contributed by atoms with Gasteiger partial charge in [0.1, 0.15) is 17.4 Å². The fourth-order valence-electron chi connectivity index (χ4n) is 1.86. The molecule has 0 bridgehead atoms. The minimum Gasteiger partial charge on any atom is -0.486 e. The highest BCUT2D eigenvalue weighted by molar-refractivity contribution is 7.88. The Kier molecular flexibility index (Phi) is 7.44. The van der Waals surface area contributed by atoms with Crippen LogP contribution in [0.5, 0.6) is 5.75 Å². The predicted molar refractivity (Wildman–Crippen MR) is 97.1 cm³/mol. The van der Waals surface area contributed by atoms with Crippen molar-refractivity contribution >= 4 is 33.0 Å². The summed E-state index contributed by atoms with van der Waals surface area (Å²) in [6.45, 7) is 2.22. The van der Waals surface area contributed by atoms with Crippen molar-refractivity contribution in [3.8, 4) is 5.75 Å². The molecular formula is C15H20ClN3O3S2. The normalized spacial score (nSPS) is 11.6. The van der Waals surface area contributed by atoms with E-state index in [1.807, 2.05) is 17.5 Å². The lowest BCUT2D eigenvalue weighted by molar-refractivity contribution is 0.305. The van der Waals surface area contributed by atoms with Crippen LogP contribution >= 0.6 is 22.9 Å². The Bertz CT molecular complexity index is 733. The van der Waals surface area contributed by atoms with Crippen LogP contribution in [-0.4, -0.2) is 32.7 Å². The standard InChI is InChI=1S/C15H20ClN3O3S2/c1-24(20,21)18-8-2-7-17-9-13-11-23-15(19-13)10-22-14-5-3-12(16)4-6-14/h3-6,11,17-18H,2,7-10H2,1H3. The molecule has 24 heavy (non-hydrogen) atoms. The number of nitrogens with zero attached hydrogens (tertiary/aromatic N) is 1. The van der Waals surface area contributed by atoms with Gasteiger partial charge in [0.25, 0.3) is 0 Å². The number of hydrogen-bond donors (Lipinski definition) is 2. The van der Waals surface area contributed by atoms with Crippen molar-refractivity contribution in [2.75, 3.05) is 19.3 Å². The van der Waals surface area contributed by atoms with E-state index >= 15 is 0 Å². The smallest absolute Gasteiger partial charge is 0.208 e. The summed E-state index contributed by atoms with van der Waals surface area (Å²) in [5.41, 5.74) is 0.950. The van der Waals surface area contributed by atoms with Gasteiger partial charge in [-0.05, 0) is 37.2 Å². The molecule has 1 aromatic heterocycles. The molecule has 2 rings (SSSR count). The molecule has 0 aliphatic carbocycles. The molecule has 2 aromatic rings. The quantitative estimate of drug-likeness (QED) is 0.610.